The maximum atomic E-state index is 7.55. The predicted octanol–water partition coefficient (Wildman–Crippen LogP) is 4.19. The van der Waals surface area contributed by atoms with Gasteiger partial charge in [0.15, 0.2) is 5.75 Å². The molecule has 0 saturated carbocycles. The first-order chi connectivity index (χ1) is 9.22. The van der Waals surface area contributed by atoms with Crippen molar-refractivity contribution in [3.8, 4) is 11.4 Å². The zero-order chi connectivity index (χ0) is 13.7. The van der Waals surface area contributed by atoms with Crippen LogP contribution in [0.3, 0.4) is 0 Å². The molecule has 0 unspecified atom stereocenters. The molecule has 0 aliphatic rings. The minimum absolute atomic E-state index is 0.392. The van der Waals surface area contributed by atoms with Crippen LogP contribution in [0.15, 0.2) is 48.6 Å². The largest absolute Gasteiger partial charge is 0.398 e. The lowest BCUT2D eigenvalue weighted by Crippen LogP contribution is -1.98. The summed E-state index contributed by atoms with van der Waals surface area (Å²) in [4.78, 5) is 0. The molecule has 94 valence electrons. The fraction of sp³-hybridized carbons (Fsp3) is 0.154. The number of pyridine rings is 1. The van der Waals surface area contributed by atoms with Gasteiger partial charge in [0.05, 0.1) is 13.7 Å². The molecule has 1 aromatic carbocycles. The van der Waals surface area contributed by atoms with Crippen molar-refractivity contribution >= 4 is 24.5 Å². The molecule has 0 radical (unpaired) electrons. The van der Waals surface area contributed by atoms with Crippen LogP contribution in [0.2, 0.25) is 0 Å². The van der Waals surface area contributed by atoms with Crippen LogP contribution in [0.1, 0.15) is 8.29 Å². The second-order valence-electron chi connectivity index (χ2n) is 3.36. The van der Waals surface area contributed by atoms with Crippen molar-refractivity contribution in [2.45, 2.75) is 6.92 Å². The third-order valence-corrected chi connectivity index (χ3v) is 3.07. The summed E-state index contributed by atoms with van der Waals surface area (Å²) >= 11 is 6.21. The van der Waals surface area contributed by atoms with Crippen molar-refractivity contribution < 1.29 is 9.74 Å². The molecule has 18 heavy (non-hydrogen) atoms. The van der Waals surface area contributed by atoms with Gasteiger partial charge in [0, 0.05) is 6.20 Å². The molecule has 1 heterocycles. The highest BCUT2D eigenvalue weighted by molar-refractivity contribution is 7.90. The molecule has 0 atom stereocenters. The van der Waals surface area contributed by atoms with Crippen LogP contribution >= 0.6 is 24.5 Å². The third kappa shape index (κ3) is 3.13. The number of hydrogen-bond donors (Lipinski definition) is 0. The number of nitrogens with zero attached hydrogens (tertiary/aromatic N) is 1. The van der Waals surface area contributed by atoms with Gasteiger partial charge < -0.3 is 8.75 Å². The fourth-order valence-electron chi connectivity index (χ4n) is 1.41. The van der Waals surface area contributed by atoms with Gasteiger partial charge in [-0.3, -0.25) is 4.18 Å². The topological polar surface area (TPSA) is 23.4 Å². The highest BCUT2D eigenvalue weighted by atomic mass is 32.2. The van der Waals surface area contributed by atoms with E-state index < -0.39 is 0 Å². The van der Waals surface area contributed by atoms with E-state index in [9.17, 15) is 0 Å². The van der Waals surface area contributed by atoms with Crippen LogP contribution in [0.5, 0.6) is 5.75 Å². The van der Waals surface area contributed by atoms with Crippen LogP contribution in [0, 0.1) is 4.64 Å². The SMILES string of the molecule is [3H]c1ccn(-c2ccccc2OSOCC)c(=S)c1. The summed E-state index contributed by atoms with van der Waals surface area (Å²) in [5.74, 6) is 0.662. The van der Waals surface area contributed by atoms with Gasteiger partial charge >= 0.3 is 0 Å². The lowest BCUT2D eigenvalue weighted by atomic mass is 10.3. The van der Waals surface area contributed by atoms with Crippen molar-refractivity contribution in [1.29, 1.82) is 0 Å². The molecule has 2 aromatic rings. The number of aromatic nitrogens is 1. The molecule has 0 aliphatic heterocycles. The molecule has 0 fully saturated rings. The Morgan fingerprint density at radius 3 is 2.94 bits per heavy atom. The van der Waals surface area contributed by atoms with E-state index in [2.05, 4.69) is 0 Å². The summed E-state index contributed by atoms with van der Waals surface area (Å²) in [6, 6.07) is 11.2. The lowest BCUT2D eigenvalue weighted by Gasteiger charge is -2.11. The molecular formula is C13H13NO2S2. The Morgan fingerprint density at radius 1 is 1.33 bits per heavy atom. The molecule has 0 spiro atoms. The van der Waals surface area contributed by atoms with E-state index in [1.807, 2.05) is 31.2 Å². The summed E-state index contributed by atoms with van der Waals surface area (Å²) in [5.41, 5.74) is 0.819. The molecule has 0 aliphatic carbocycles. The van der Waals surface area contributed by atoms with E-state index in [1.54, 1.807) is 22.9 Å². The summed E-state index contributed by atoms with van der Waals surface area (Å²) in [6.45, 7) is 2.46. The Labute approximate surface area is 117 Å². The van der Waals surface area contributed by atoms with Crippen molar-refractivity contribution in [2.75, 3.05) is 6.61 Å². The van der Waals surface area contributed by atoms with Crippen LogP contribution in [-0.2, 0) is 4.18 Å². The molecule has 0 saturated heterocycles. The van der Waals surface area contributed by atoms with Crippen molar-refractivity contribution in [1.82, 2.24) is 4.57 Å². The second kappa shape index (κ2) is 6.58. The van der Waals surface area contributed by atoms with Crippen LogP contribution in [0.25, 0.3) is 5.69 Å². The zero-order valence-electron chi connectivity index (χ0n) is 10.8. The van der Waals surface area contributed by atoms with Gasteiger partial charge in [0.2, 0.25) is 12.3 Å². The highest BCUT2D eigenvalue weighted by Gasteiger charge is 2.05. The monoisotopic (exact) mass is 281 g/mol. The molecule has 5 heteroatoms. The molecule has 0 amide bonds. The standard InChI is InChI=1S/C13H13NO2S2/c1-2-15-18-16-12-8-4-3-7-11(12)14-10-6-5-9-13(14)17/h3-10H,2H2,1H3/i5T. The minimum atomic E-state index is 0.392. The van der Waals surface area contributed by atoms with E-state index in [1.165, 1.54) is 0 Å². The first-order valence-electron chi connectivity index (χ1n) is 5.97. The summed E-state index contributed by atoms with van der Waals surface area (Å²) in [7, 11) is 0. The third-order valence-electron chi connectivity index (χ3n) is 2.18. The normalized spacial score (nSPS) is 11.1. The first kappa shape index (κ1) is 11.8. The second-order valence-corrected chi connectivity index (χ2v) is 4.32. The van der Waals surface area contributed by atoms with Gasteiger partial charge in [0.25, 0.3) is 0 Å². The molecule has 0 bridgehead atoms. The Hall–Kier alpha value is -1.30. The number of rotatable bonds is 5. The average molecular weight is 281 g/mol. The highest BCUT2D eigenvalue weighted by Crippen LogP contribution is 2.26. The maximum absolute atomic E-state index is 7.55. The molecule has 1 aromatic heterocycles. The summed E-state index contributed by atoms with van der Waals surface area (Å²) in [5, 5.41) is 0. The smallest absolute Gasteiger partial charge is 0.225 e. The van der Waals surface area contributed by atoms with Gasteiger partial charge in [-0.25, -0.2) is 0 Å². The predicted molar refractivity (Wildman–Crippen MR) is 76.4 cm³/mol. The Kier molecular flexibility index (Phi) is 4.31. The summed E-state index contributed by atoms with van der Waals surface area (Å²) in [6.07, 6.45) is 1.76. The van der Waals surface area contributed by atoms with E-state index in [-0.39, 0.29) is 0 Å². The molecule has 2 rings (SSSR count). The fourth-order valence-corrected chi connectivity index (χ4v) is 2.00. The lowest BCUT2D eigenvalue weighted by molar-refractivity contribution is 0.369. The maximum Gasteiger partial charge on any atom is 0.225 e. The number of hydrogen-bond acceptors (Lipinski definition) is 4. The molecular weight excluding hydrogens is 266 g/mol. The van der Waals surface area contributed by atoms with Crippen molar-refractivity contribution in [2.24, 2.45) is 0 Å². The van der Waals surface area contributed by atoms with Gasteiger partial charge in [0.1, 0.15) is 4.64 Å². The Morgan fingerprint density at radius 2 is 2.17 bits per heavy atom. The van der Waals surface area contributed by atoms with E-state index >= 15 is 0 Å². The molecule has 3 nitrogen and oxygen atoms in total. The van der Waals surface area contributed by atoms with Gasteiger partial charge in [-0.1, -0.05) is 30.4 Å². The van der Waals surface area contributed by atoms with Crippen LogP contribution in [0.4, 0.5) is 0 Å². The first-order valence-corrected chi connectivity index (χ1v) is 6.54. The van der Waals surface area contributed by atoms with Crippen molar-refractivity contribution in [3.63, 3.8) is 0 Å². The number of benzene rings is 1. The quantitative estimate of drug-likeness (QED) is 0.466. The minimum Gasteiger partial charge on any atom is -0.398 e. The van der Waals surface area contributed by atoms with E-state index in [0.29, 0.717) is 23.0 Å². The Bertz CT molecular complexity index is 616. The van der Waals surface area contributed by atoms with Gasteiger partial charge in [-0.15, -0.1) is 0 Å². The Balaban J connectivity index is 2.36. The zero-order valence-corrected chi connectivity index (χ0v) is 11.5. The number of para-hydroxylation sites is 2. The van der Waals surface area contributed by atoms with Gasteiger partial charge in [-0.2, -0.15) is 0 Å². The molecule has 0 N–H and O–H groups in total. The summed E-state index contributed by atoms with van der Waals surface area (Å²) < 4.78 is 20.5. The van der Waals surface area contributed by atoms with E-state index in [4.69, 9.17) is 22.0 Å². The van der Waals surface area contributed by atoms with E-state index in [0.717, 1.165) is 18.0 Å². The van der Waals surface area contributed by atoms with Crippen LogP contribution < -0.4 is 4.18 Å². The van der Waals surface area contributed by atoms with Gasteiger partial charge in [-0.05, 0) is 31.2 Å². The van der Waals surface area contributed by atoms with Crippen LogP contribution in [-0.4, -0.2) is 11.2 Å². The van der Waals surface area contributed by atoms with Crippen molar-refractivity contribution in [3.05, 3.63) is 53.3 Å². The average Bonchev–Trinajstić information content (AvgIpc) is 2.40.